The number of nitrogens with one attached hydrogen (secondary N) is 1. The molecule has 3 aromatic rings. The number of hydrogen-bond acceptors (Lipinski definition) is 5. The van der Waals surface area contributed by atoms with Gasteiger partial charge in [-0.3, -0.25) is 9.59 Å². The minimum atomic E-state index is -0.691. The summed E-state index contributed by atoms with van der Waals surface area (Å²) in [6, 6.07) is 11.5. The number of allylic oxidation sites excluding steroid dienone is 2. The fourth-order valence-corrected chi connectivity index (χ4v) is 5.54. The lowest BCUT2D eigenvalue weighted by atomic mass is 9.78. The Balaban J connectivity index is 1.93. The number of aryl methyl sites for hydroxylation is 1. The molecule has 1 aliphatic heterocycles. The highest BCUT2D eigenvalue weighted by atomic mass is 35.5. The minimum Gasteiger partial charge on any atom is -0.397 e. The first-order chi connectivity index (χ1) is 15.8. The summed E-state index contributed by atoms with van der Waals surface area (Å²) in [4.78, 5) is 26.8. The molecule has 1 atom stereocenters. The monoisotopic (exact) mass is 482 g/mol. The highest BCUT2D eigenvalue weighted by Crippen LogP contribution is 2.51. The smallest absolute Gasteiger partial charge is 0.205 e. The zero-order valence-electron chi connectivity index (χ0n) is 18.6. The summed E-state index contributed by atoms with van der Waals surface area (Å²) in [6.45, 7) is 5.58. The van der Waals surface area contributed by atoms with Crippen molar-refractivity contribution in [2.75, 3.05) is 11.1 Å². The molecule has 0 bridgehead atoms. The van der Waals surface area contributed by atoms with Crippen LogP contribution >= 0.6 is 22.9 Å². The predicted molar refractivity (Wildman–Crippen MR) is 133 cm³/mol. The molecule has 4 rings (SSSR count). The molecule has 1 aromatic heterocycles. The fraction of sp³-hybridized carbons (Fsp3) is 0.231. The van der Waals surface area contributed by atoms with Crippen molar-refractivity contribution < 1.29 is 14.0 Å². The number of ketones is 2. The summed E-state index contributed by atoms with van der Waals surface area (Å²) < 4.78 is 15.0. The molecular formula is C26H24ClFN2O2S. The van der Waals surface area contributed by atoms with E-state index in [4.69, 9.17) is 17.3 Å². The number of nitrogen functional groups attached to an aromatic ring is 1. The Hall–Kier alpha value is -2.96. The lowest BCUT2D eigenvalue weighted by Gasteiger charge is -2.30. The Bertz CT molecular complexity index is 1310. The highest BCUT2D eigenvalue weighted by molar-refractivity contribution is 7.19. The molecule has 0 aliphatic carbocycles. The third-order valence-corrected chi connectivity index (χ3v) is 7.52. The lowest BCUT2D eigenvalue weighted by Crippen LogP contribution is -2.24. The molecule has 2 aromatic carbocycles. The van der Waals surface area contributed by atoms with E-state index in [-0.39, 0.29) is 23.7 Å². The Morgan fingerprint density at radius 1 is 1.18 bits per heavy atom. The van der Waals surface area contributed by atoms with Crippen molar-refractivity contribution in [3.05, 3.63) is 91.7 Å². The van der Waals surface area contributed by atoms with Crippen LogP contribution in [-0.4, -0.2) is 11.6 Å². The second kappa shape index (κ2) is 9.12. The topological polar surface area (TPSA) is 72.2 Å². The number of carbonyl (C=O) groups is 2. The van der Waals surface area contributed by atoms with Gasteiger partial charge in [0, 0.05) is 45.3 Å². The van der Waals surface area contributed by atoms with Crippen molar-refractivity contribution in [3.63, 3.8) is 0 Å². The van der Waals surface area contributed by atoms with Crippen LogP contribution in [0.4, 0.5) is 15.1 Å². The average Bonchev–Trinajstić information content (AvgIpc) is 3.15. The predicted octanol–water partition coefficient (Wildman–Crippen LogP) is 6.86. The second-order valence-corrected chi connectivity index (χ2v) is 9.41. The normalized spacial score (nSPS) is 15.2. The maximum atomic E-state index is 15.0. The maximum Gasteiger partial charge on any atom is 0.205 e. The number of thiophene rings is 1. The molecule has 0 saturated heterocycles. The molecule has 4 nitrogen and oxygen atoms in total. The Morgan fingerprint density at radius 2 is 1.91 bits per heavy atom. The Morgan fingerprint density at radius 3 is 2.55 bits per heavy atom. The number of rotatable bonds is 6. The summed E-state index contributed by atoms with van der Waals surface area (Å²) in [5.74, 6) is -1.45. The van der Waals surface area contributed by atoms with Crippen molar-refractivity contribution in [1.82, 2.24) is 0 Å². The van der Waals surface area contributed by atoms with E-state index in [1.165, 1.54) is 17.4 Å². The fourth-order valence-electron chi connectivity index (χ4n) is 4.21. The highest BCUT2D eigenvalue weighted by Gasteiger charge is 2.38. The molecule has 33 heavy (non-hydrogen) atoms. The molecule has 0 amide bonds. The summed E-state index contributed by atoms with van der Waals surface area (Å²) in [5, 5.41) is 4.47. The van der Waals surface area contributed by atoms with Gasteiger partial charge in [-0.15, -0.1) is 11.3 Å². The standard InChI is InChI=1S/C26H24ClFN2O2S/c1-4-18-21(19(31)5-2)20(15-8-6-7-9-17(15)28)22-23(29)25(33-26(22)30-18)24(32)14-11-10-13(3)16(27)12-14/h6-12,20,30H,4-5,29H2,1-3H3/t20-/m1/s1. The van der Waals surface area contributed by atoms with E-state index >= 15 is 4.39 Å². The molecule has 0 fully saturated rings. The van der Waals surface area contributed by atoms with Crippen LogP contribution in [0, 0.1) is 12.7 Å². The number of Topliss-reactive ketones (excluding diaryl/α,β-unsaturated/α-hetero) is 1. The number of hydrogen-bond donors (Lipinski definition) is 2. The number of benzene rings is 2. The first-order valence-corrected chi connectivity index (χ1v) is 12.0. The molecule has 7 heteroatoms. The van der Waals surface area contributed by atoms with Gasteiger partial charge in [0.2, 0.25) is 5.78 Å². The van der Waals surface area contributed by atoms with Gasteiger partial charge in [-0.2, -0.15) is 0 Å². The van der Waals surface area contributed by atoms with Crippen molar-refractivity contribution in [3.8, 4) is 0 Å². The van der Waals surface area contributed by atoms with E-state index in [0.29, 0.717) is 43.6 Å². The maximum absolute atomic E-state index is 15.0. The van der Waals surface area contributed by atoms with Crippen LogP contribution in [0.5, 0.6) is 0 Å². The van der Waals surface area contributed by atoms with Crippen LogP contribution in [0.15, 0.2) is 53.7 Å². The van der Waals surface area contributed by atoms with Crippen LogP contribution in [0.1, 0.15) is 64.5 Å². The van der Waals surface area contributed by atoms with E-state index in [0.717, 1.165) is 11.3 Å². The minimum absolute atomic E-state index is 0.0814. The average molecular weight is 483 g/mol. The van der Waals surface area contributed by atoms with Crippen molar-refractivity contribution >= 4 is 45.2 Å². The Labute approximate surface area is 201 Å². The van der Waals surface area contributed by atoms with Crippen LogP contribution in [0.2, 0.25) is 5.02 Å². The van der Waals surface area contributed by atoms with Crippen LogP contribution < -0.4 is 11.1 Å². The largest absolute Gasteiger partial charge is 0.397 e. The summed E-state index contributed by atoms with van der Waals surface area (Å²) in [7, 11) is 0. The molecule has 2 heterocycles. The second-order valence-electron chi connectivity index (χ2n) is 7.98. The third-order valence-electron chi connectivity index (χ3n) is 5.98. The molecule has 3 N–H and O–H groups in total. The van der Waals surface area contributed by atoms with Gasteiger partial charge in [0.1, 0.15) is 10.7 Å². The van der Waals surface area contributed by atoms with E-state index in [1.807, 2.05) is 13.8 Å². The number of fused-ring (bicyclic) bond motifs is 1. The van der Waals surface area contributed by atoms with Gasteiger partial charge in [0.05, 0.1) is 10.7 Å². The zero-order chi connectivity index (χ0) is 23.9. The number of nitrogens with two attached hydrogens (primary N) is 1. The summed E-state index contributed by atoms with van der Waals surface area (Å²) in [6.07, 6.45) is 0.832. The van der Waals surface area contributed by atoms with Gasteiger partial charge in [0.15, 0.2) is 5.78 Å². The SMILES string of the molecule is CCC(=O)C1=C(CC)Nc2sc(C(=O)c3ccc(C)c(Cl)c3)c(N)c2[C@@H]1c1ccccc1F. The molecule has 1 aliphatic rings. The molecule has 0 radical (unpaired) electrons. The van der Waals surface area contributed by atoms with Gasteiger partial charge < -0.3 is 11.1 Å². The van der Waals surface area contributed by atoms with Crippen molar-refractivity contribution in [1.29, 1.82) is 0 Å². The molecule has 170 valence electrons. The van der Waals surface area contributed by atoms with Crippen molar-refractivity contribution in [2.24, 2.45) is 0 Å². The van der Waals surface area contributed by atoms with Gasteiger partial charge in [-0.25, -0.2) is 4.39 Å². The quantitative estimate of drug-likeness (QED) is 0.376. The van der Waals surface area contributed by atoms with Gasteiger partial charge >= 0.3 is 0 Å². The molecule has 0 spiro atoms. The molecular weight excluding hydrogens is 459 g/mol. The van der Waals surface area contributed by atoms with Gasteiger partial charge in [-0.05, 0) is 31.0 Å². The first kappa shape index (κ1) is 23.2. The van der Waals surface area contributed by atoms with E-state index in [9.17, 15) is 9.59 Å². The van der Waals surface area contributed by atoms with E-state index in [1.54, 1.807) is 43.3 Å². The van der Waals surface area contributed by atoms with Crippen LogP contribution in [0.3, 0.4) is 0 Å². The van der Waals surface area contributed by atoms with Crippen molar-refractivity contribution in [2.45, 2.75) is 39.5 Å². The van der Waals surface area contributed by atoms with Crippen LogP contribution in [-0.2, 0) is 4.79 Å². The zero-order valence-corrected chi connectivity index (χ0v) is 20.2. The van der Waals surface area contributed by atoms with Crippen LogP contribution in [0.25, 0.3) is 0 Å². The summed E-state index contributed by atoms with van der Waals surface area (Å²) >= 11 is 7.46. The van der Waals surface area contributed by atoms with E-state index < -0.39 is 11.7 Å². The number of anilines is 2. The lowest BCUT2D eigenvalue weighted by molar-refractivity contribution is -0.115. The molecule has 0 saturated carbocycles. The first-order valence-electron chi connectivity index (χ1n) is 10.8. The van der Waals surface area contributed by atoms with Gasteiger partial charge in [-0.1, -0.05) is 55.8 Å². The van der Waals surface area contributed by atoms with Gasteiger partial charge in [0.25, 0.3) is 0 Å². The number of halogens is 2. The summed E-state index contributed by atoms with van der Waals surface area (Å²) in [5.41, 5.74) is 10.3. The third kappa shape index (κ3) is 3.98. The Kier molecular flexibility index (Phi) is 6.41. The number of carbonyl (C=O) groups excluding carboxylic acids is 2. The molecule has 0 unspecified atom stereocenters. The van der Waals surface area contributed by atoms with E-state index in [2.05, 4.69) is 5.32 Å².